The van der Waals surface area contributed by atoms with E-state index in [1.165, 1.54) is 11.3 Å². The Morgan fingerprint density at radius 2 is 2.25 bits per heavy atom. The van der Waals surface area contributed by atoms with Crippen molar-refractivity contribution >= 4 is 28.9 Å². The maximum absolute atomic E-state index is 12.4. The molecule has 8 heteroatoms. The number of hydrogen-bond acceptors (Lipinski definition) is 5. The number of esters is 1. The zero-order chi connectivity index (χ0) is 14.9. The maximum Gasteiger partial charge on any atom is 0.337 e. The van der Waals surface area contributed by atoms with Crippen LogP contribution in [0, 0.1) is 0 Å². The van der Waals surface area contributed by atoms with Gasteiger partial charge in [0.25, 0.3) is 6.43 Å². The largest absolute Gasteiger partial charge is 0.450 e. The summed E-state index contributed by atoms with van der Waals surface area (Å²) in [5.41, 5.74) is -0.196. The molecule has 20 heavy (non-hydrogen) atoms. The minimum Gasteiger partial charge on any atom is -0.450 e. The van der Waals surface area contributed by atoms with Crippen LogP contribution >= 0.6 is 22.9 Å². The molecular formula is C12H13ClF2N2O2S. The van der Waals surface area contributed by atoms with Crippen LogP contribution in [0.15, 0.2) is 17.5 Å². The second kappa shape index (κ2) is 5.65. The number of halogens is 3. The highest BCUT2D eigenvalue weighted by Crippen LogP contribution is 2.33. The first-order valence-corrected chi connectivity index (χ1v) is 7.08. The Balaban J connectivity index is 2.26. The number of rotatable bonds is 5. The van der Waals surface area contributed by atoms with Crippen molar-refractivity contribution in [3.63, 3.8) is 0 Å². The highest BCUT2D eigenvalue weighted by molar-refractivity contribution is 7.15. The average molecular weight is 323 g/mol. The smallest absolute Gasteiger partial charge is 0.337 e. The average Bonchev–Trinajstić information content (AvgIpc) is 2.80. The van der Waals surface area contributed by atoms with Gasteiger partial charge in [-0.25, -0.2) is 18.6 Å². The van der Waals surface area contributed by atoms with Crippen LogP contribution in [0.4, 0.5) is 8.78 Å². The summed E-state index contributed by atoms with van der Waals surface area (Å²) in [5, 5.41) is 2.61. The third kappa shape index (κ3) is 3.27. The molecule has 0 fully saturated rings. The van der Waals surface area contributed by atoms with E-state index >= 15 is 0 Å². The van der Waals surface area contributed by atoms with Gasteiger partial charge in [0.05, 0.1) is 17.8 Å². The summed E-state index contributed by atoms with van der Waals surface area (Å²) in [5.74, 6) is -0.503. The van der Waals surface area contributed by atoms with Gasteiger partial charge >= 0.3 is 5.97 Å². The van der Waals surface area contributed by atoms with E-state index in [0.717, 1.165) is 4.88 Å². The SMILES string of the molecule is CC1(C)OC(=O)C(Cc2cnc(Cl)s2)=C1NCC(F)F. The van der Waals surface area contributed by atoms with Gasteiger partial charge in [-0.15, -0.1) is 11.3 Å². The topological polar surface area (TPSA) is 51.2 Å². The molecule has 2 rings (SSSR count). The number of nitrogens with one attached hydrogen (secondary N) is 1. The van der Waals surface area contributed by atoms with E-state index in [-0.39, 0.29) is 6.42 Å². The molecule has 1 aromatic rings. The number of carbonyl (C=O) groups excluding carboxylic acids is 1. The molecule has 0 bridgehead atoms. The van der Waals surface area contributed by atoms with E-state index in [9.17, 15) is 13.6 Å². The van der Waals surface area contributed by atoms with Gasteiger partial charge in [0, 0.05) is 17.5 Å². The van der Waals surface area contributed by atoms with Crippen molar-refractivity contribution in [1.29, 1.82) is 0 Å². The van der Waals surface area contributed by atoms with E-state index < -0.39 is 24.5 Å². The zero-order valence-corrected chi connectivity index (χ0v) is 12.4. The standard InChI is InChI=1S/C12H13ClF2N2O2S/c1-12(2)9(16-5-8(14)15)7(10(18)19-12)3-6-4-17-11(13)20-6/h4,8,16H,3,5H2,1-2H3. The molecule has 1 aromatic heterocycles. The van der Waals surface area contributed by atoms with Crippen molar-refractivity contribution in [3.05, 3.63) is 26.8 Å². The fraction of sp³-hybridized carbons (Fsp3) is 0.500. The lowest BCUT2D eigenvalue weighted by atomic mass is 10.0. The number of alkyl halides is 2. The van der Waals surface area contributed by atoms with E-state index in [1.807, 2.05) is 0 Å². The summed E-state index contributed by atoms with van der Waals surface area (Å²) < 4.78 is 30.3. The maximum atomic E-state index is 12.4. The molecule has 1 aliphatic rings. The molecule has 1 aliphatic heterocycles. The minimum absolute atomic E-state index is 0.262. The van der Waals surface area contributed by atoms with Crippen LogP contribution in [0.1, 0.15) is 18.7 Å². The Bertz CT molecular complexity index is 557. The third-order valence-corrected chi connectivity index (χ3v) is 3.92. The molecule has 0 spiro atoms. The number of hydrogen-bond donors (Lipinski definition) is 1. The molecule has 0 atom stereocenters. The third-order valence-electron chi connectivity index (χ3n) is 2.81. The van der Waals surface area contributed by atoms with Gasteiger partial charge in [-0.05, 0) is 13.8 Å². The number of thiazole rings is 1. The molecule has 0 amide bonds. The number of nitrogens with zero attached hydrogens (tertiary/aromatic N) is 1. The lowest BCUT2D eigenvalue weighted by Crippen LogP contribution is -2.34. The lowest BCUT2D eigenvalue weighted by molar-refractivity contribution is -0.144. The van der Waals surface area contributed by atoms with Crippen LogP contribution in [-0.2, 0) is 16.0 Å². The Morgan fingerprint density at radius 1 is 1.55 bits per heavy atom. The van der Waals surface area contributed by atoms with Crippen LogP contribution in [0.2, 0.25) is 4.47 Å². The van der Waals surface area contributed by atoms with Crippen LogP contribution in [-0.4, -0.2) is 29.5 Å². The van der Waals surface area contributed by atoms with Crippen molar-refractivity contribution in [2.24, 2.45) is 0 Å². The van der Waals surface area contributed by atoms with Crippen LogP contribution in [0.5, 0.6) is 0 Å². The molecule has 4 nitrogen and oxygen atoms in total. The summed E-state index contributed by atoms with van der Waals surface area (Å²) in [4.78, 5) is 16.6. The van der Waals surface area contributed by atoms with Gasteiger partial charge in [0.2, 0.25) is 0 Å². The summed E-state index contributed by atoms with van der Waals surface area (Å²) in [6.07, 6.45) is -0.685. The Hall–Kier alpha value is -1.21. The summed E-state index contributed by atoms with van der Waals surface area (Å²) in [6, 6.07) is 0. The normalized spacial score (nSPS) is 17.8. The van der Waals surface area contributed by atoms with Gasteiger partial charge in [-0.1, -0.05) is 11.6 Å². The van der Waals surface area contributed by atoms with Gasteiger partial charge in [0.1, 0.15) is 5.60 Å². The fourth-order valence-corrected chi connectivity index (χ4v) is 3.00. The molecule has 2 heterocycles. The van der Waals surface area contributed by atoms with Gasteiger partial charge in [-0.3, -0.25) is 0 Å². The Morgan fingerprint density at radius 3 is 2.80 bits per heavy atom. The van der Waals surface area contributed by atoms with E-state index in [1.54, 1.807) is 20.0 Å². The summed E-state index contributed by atoms with van der Waals surface area (Å²) >= 11 is 6.98. The highest BCUT2D eigenvalue weighted by atomic mass is 35.5. The number of aromatic nitrogens is 1. The molecule has 0 unspecified atom stereocenters. The van der Waals surface area contributed by atoms with E-state index in [2.05, 4.69) is 10.3 Å². The van der Waals surface area contributed by atoms with E-state index in [4.69, 9.17) is 16.3 Å². The first kappa shape index (κ1) is 15.2. The predicted molar refractivity (Wildman–Crippen MR) is 72.0 cm³/mol. The van der Waals surface area contributed by atoms with Crippen molar-refractivity contribution in [3.8, 4) is 0 Å². The predicted octanol–water partition coefficient (Wildman–Crippen LogP) is 2.78. The highest BCUT2D eigenvalue weighted by Gasteiger charge is 2.40. The number of cyclic esters (lactones) is 1. The number of ether oxygens (including phenoxy) is 1. The summed E-state index contributed by atoms with van der Waals surface area (Å²) in [6.45, 7) is 2.79. The van der Waals surface area contributed by atoms with Crippen molar-refractivity contribution in [1.82, 2.24) is 10.3 Å². The van der Waals surface area contributed by atoms with Crippen LogP contribution in [0.3, 0.4) is 0 Å². The minimum atomic E-state index is -2.51. The van der Waals surface area contributed by atoms with Crippen LogP contribution in [0.25, 0.3) is 0 Å². The number of carbonyl (C=O) groups is 1. The van der Waals surface area contributed by atoms with Crippen molar-refractivity contribution < 1.29 is 18.3 Å². The molecule has 110 valence electrons. The van der Waals surface area contributed by atoms with E-state index in [0.29, 0.717) is 15.7 Å². The van der Waals surface area contributed by atoms with Gasteiger partial charge in [-0.2, -0.15) is 0 Å². The van der Waals surface area contributed by atoms with Gasteiger partial charge < -0.3 is 10.1 Å². The Kier molecular flexibility index (Phi) is 4.29. The fourth-order valence-electron chi connectivity index (χ4n) is 2.01. The monoisotopic (exact) mass is 322 g/mol. The van der Waals surface area contributed by atoms with Crippen LogP contribution < -0.4 is 5.32 Å². The Labute approximate surface area is 123 Å². The second-order valence-corrected chi connectivity index (χ2v) is 6.48. The van der Waals surface area contributed by atoms with Crippen molar-refractivity contribution in [2.45, 2.75) is 32.3 Å². The lowest BCUT2D eigenvalue weighted by Gasteiger charge is -2.22. The molecule has 1 N–H and O–H groups in total. The molecule has 0 radical (unpaired) electrons. The molecule has 0 aromatic carbocycles. The van der Waals surface area contributed by atoms with Gasteiger partial charge in [0.15, 0.2) is 4.47 Å². The molecular weight excluding hydrogens is 310 g/mol. The quantitative estimate of drug-likeness (QED) is 0.847. The zero-order valence-electron chi connectivity index (χ0n) is 10.9. The molecule has 0 aliphatic carbocycles. The molecule has 0 saturated heterocycles. The molecule has 0 saturated carbocycles. The van der Waals surface area contributed by atoms with Crippen molar-refractivity contribution in [2.75, 3.05) is 6.54 Å². The second-order valence-electron chi connectivity index (χ2n) is 4.78. The summed E-state index contributed by atoms with van der Waals surface area (Å²) in [7, 11) is 0. The first-order chi connectivity index (χ1) is 9.29. The first-order valence-electron chi connectivity index (χ1n) is 5.89.